The molecular formula is C51H32N4. The predicted molar refractivity (Wildman–Crippen MR) is 229 cm³/mol. The molecule has 0 bridgehead atoms. The van der Waals surface area contributed by atoms with Crippen LogP contribution in [0.3, 0.4) is 0 Å². The molecule has 4 nitrogen and oxygen atoms in total. The standard InChI is InChI=1S/C51H32N4/c1-51(2)38-21-9-8-17-32(38)36-28-44-37(27-39(36)51)35-20-10-19-34-33-18-11-22-41-45(33)46-42(54(44)49(34)35)23-12-24-43(46)55(41)50-47(30-14-4-3-5-15-30)52-40-26-25-29-13-6-7-16-31(29)48(40)53-50/h3-28H,1-2H3. The summed E-state index contributed by atoms with van der Waals surface area (Å²) in [6.07, 6.45) is 0. The monoisotopic (exact) mass is 700 g/mol. The molecular weight excluding hydrogens is 669 g/mol. The maximum absolute atomic E-state index is 5.62. The lowest BCUT2D eigenvalue weighted by molar-refractivity contribution is 0.661. The molecule has 1 aliphatic carbocycles. The van der Waals surface area contributed by atoms with E-state index in [0.717, 1.165) is 49.9 Å². The number of rotatable bonds is 2. The van der Waals surface area contributed by atoms with Crippen LogP contribution in [0.1, 0.15) is 25.0 Å². The fraction of sp³-hybridized carbons (Fsp3) is 0.0588. The van der Waals surface area contributed by atoms with Crippen molar-refractivity contribution >= 4 is 81.7 Å². The normalized spacial score (nSPS) is 13.8. The second kappa shape index (κ2) is 10.1. The fourth-order valence-corrected chi connectivity index (χ4v) is 10.2. The number of para-hydroxylation sites is 1. The van der Waals surface area contributed by atoms with E-state index in [1.807, 2.05) is 0 Å². The van der Waals surface area contributed by atoms with Crippen molar-refractivity contribution in [2.45, 2.75) is 19.3 Å². The summed E-state index contributed by atoms with van der Waals surface area (Å²) in [4.78, 5) is 11.0. The summed E-state index contributed by atoms with van der Waals surface area (Å²) in [6, 6.07) is 57.6. The van der Waals surface area contributed by atoms with Crippen LogP contribution >= 0.6 is 0 Å². The van der Waals surface area contributed by atoms with Crippen molar-refractivity contribution in [2.75, 3.05) is 0 Å². The number of nitrogens with zero attached hydrogens (tertiary/aromatic N) is 4. The summed E-state index contributed by atoms with van der Waals surface area (Å²) in [6.45, 7) is 4.74. The SMILES string of the molecule is CC1(C)c2ccccc2-c2cc3c(cc21)c1cccc2c4cccc5c4c4c(cccc4n3c21)n5-c1nc2c(ccc3ccccc32)nc1-c1ccccc1. The molecule has 0 unspecified atom stereocenters. The van der Waals surface area contributed by atoms with Gasteiger partial charge < -0.3 is 4.40 Å². The van der Waals surface area contributed by atoms with Gasteiger partial charge in [0.25, 0.3) is 0 Å². The summed E-state index contributed by atoms with van der Waals surface area (Å²) < 4.78 is 4.93. The minimum absolute atomic E-state index is 0.0815. The average molecular weight is 701 g/mol. The Labute approximate surface area is 315 Å². The summed E-state index contributed by atoms with van der Waals surface area (Å²) in [5.74, 6) is 0.831. The highest BCUT2D eigenvalue weighted by Gasteiger charge is 2.36. The van der Waals surface area contributed by atoms with E-state index in [0.29, 0.717) is 0 Å². The van der Waals surface area contributed by atoms with E-state index in [4.69, 9.17) is 9.97 Å². The molecule has 4 heterocycles. The highest BCUT2D eigenvalue weighted by atomic mass is 15.1. The van der Waals surface area contributed by atoms with Crippen molar-refractivity contribution in [3.8, 4) is 28.2 Å². The third-order valence-electron chi connectivity index (χ3n) is 12.6. The van der Waals surface area contributed by atoms with Gasteiger partial charge in [-0.25, -0.2) is 9.97 Å². The first-order valence-electron chi connectivity index (χ1n) is 19.1. The zero-order chi connectivity index (χ0) is 36.2. The molecule has 0 fully saturated rings. The van der Waals surface area contributed by atoms with Crippen LogP contribution in [0.25, 0.3) is 110 Å². The number of benzene rings is 8. The molecule has 0 atom stereocenters. The molecule has 0 aliphatic heterocycles. The highest BCUT2D eigenvalue weighted by molar-refractivity contribution is 6.31. The van der Waals surface area contributed by atoms with E-state index in [1.165, 1.54) is 71.1 Å². The van der Waals surface area contributed by atoms with Crippen LogP contribution in [0.15, 0.2) is 158 Å². The molecule has 4 aromatic heterocycles. The van der Waals surface area contributed by atoms with Gasteiger partial charge in [0.05, 0.1) is 38.6 Å². The molecule has 0 radical (unpaired) electrons. The fourth-order valence-electron chi connectivity index (χ4n) is 10.2. The van der Waals surface area contributed by atoms with Crippen molar-refractivity contribution in [1.82, 2.24) is 18.9 Å². The first-order valence-corrected chi connectivity index (χ1v) is 19.1. The van der Waals surface area contributed by atoms with Crippen LogP contribution in [0.4, 0.5) is 0 Å². The molecule has 55 heavy (non-hydrogen) atoms. The summed E-state index contributed by atoms with van der Waals surface area (Å²) in [5, 5.41) is 9.78. The van der Waals surface area contributed by atoms with Gasteiger partial charge >= 0.3 is 0 Å². The second-order valence-electron chi connectivity index (χ2n) is 15.7. The molecule has 1 aliphatic rings. The van der Waals surface area contributed by atoms with Crippen molar-refractivity contribution in [3.05, 3.63) is 169 Å². The average Bonchev–Trinajstić information content (AvgIpc) is 3.79. The number of aromatic nitrogens is 4. The quantitative estimate of drug-likeness (QED) is 0.168. The molecule has 8 aromatic carbocycles. The van der Waals surface area contributed by atoms with Crippen LogP contribution in [-0.4, -0.2) is 18.9 Å². The van der Waals surface area contributed by atoms with Crippen LogP contribution in [0, 0.1) is 0 Å². The largest absolute Gasteiger partial charge is 0.308 e. The first-order chi connectivity index (χ1) is 27.1. The van der Waals surface area contributed by atoms with Crippen LogP contribution in [-0.2, 0) is 5.41 Å². The third kappa shape index (κ3) is 3.62. The van der Waals surface area contributed by atoms with Gasteiger partial charge in [-0.1, -0.05) is 135 Å². The molecule has 0 spiro atoms. The Balaban J connectivity index is 1.24. The van der Waals surface area contributed by atoms with E-state index in [2.05, 4.69) is 181 Å². The number of hydrogen-bond acceptors (Lipinski definition) is 2. The molecule has 0 N–H and O–H groups in total. The molecule has 256 valence electrons. The summed E-state index contributed by atoms with van der Waals surface area (Å²) in [7, 11) is 0. The lowest BCUT2D eigenvalue weighted by atomic mass is 9.82. The Kier molecular flexibility index (Phi) is 5.42. The zero-order valence-corrected chi connectivity index (χ0v) is 30.3. The van der Waals surface area contributed by atoms with Crippen molar-refractivity contribution in [1.29, 1.82) is 0 Å². The minimum Gasteiger partial charge on any atom is -0.308 e. The van der Waals surface area contributed by atoms with Crippen LogP contribution in [0.5, 0.6) is 0 Å². The van der Waals surface area contributed by atoms with E-state index >= 15 is 0 Å². The zero-order valence-electron chi connectivity index (χ0n) is 30.3. The molecule has 12 aromatic rings. The highest BCUT2D eigenvalue weighted by Crippen LogP contribution is 2.52. The van der Waals surface area contributed by atoms with Gasteiger partial charge in [-0.15, -0.1) is 0 Å². The second-order valence-corrected chi connectivity index (χ2v) is 15.7. The van der Waals surface area contributed by atoms with E-state index < -0.39 is 0 Å². The van der Waals surface area contributed by atoms with Crippen molar-refractivity contribution in [3.63, 3.8) is 0 Å². The van der Waals surface area contributed by atoms with Crippen molar-refractivity contribution in [2.24, 2.45) is 0 Å². The maximum Gasteiger partial charge on any atom is 0.165 e. The molecule has 0 amide bonds. The van der Waals surface area contributed by atoms with E-state index in [9.17, 15) is 0 Å². The van der Waals surface area contributed by atoms with Gasteiger partial charge in [0, 0.05) is 43.3 Å². The molecule has 0 saturated heterocycles. The third-order valence-corrected chi connectivity index (χ3v) is 12.6. The molecule has 13 rings (SSSR count). The predicted octanol–water partition coefficient (Wildman–Crippen LogP) is 13.0. The van der Waals surface area contributed by atoms with E-state index in [-0.39, 0.29) is 5.41 Å². The van der Waals surface area contributed by atoms with Gasteiger partial charge in [0.1, 0.15) is 5.69 Å². The Bertz CT molecular complexity index is 3620. The molecule has 4 heteroatoms. The first kappa shape index (κ1) is 29.4. The lowest BCUT2D eigenvalue weighted by Gasteiger charge is -2.21. The van der Waals surface area contributed by atoms with Crippen LogP contribution in [0.2, 0.25) is 0 Å². The van der Waals surface area contributed by atoms with E-state index in [1.54, 1.807) is 0 Å². The number of hydrogen-bond donors (Lipinski definition) is 0. The Morgan fingerprint density at radius 3 is 2.05 bits per heavy atom. The van der Waals surface area contributed by atoms with Gasteiger partial charge in [-0.2, -0.15) is 0 Å². The van der Waals surface area contributed by atoms with Gasteiger partial charge in [0.15, 0.2) is 5.82 Å². The smallest absolute Gasteiger partial charge is 0.165 e. The maximum atomic E-state index is 5.62. The van der Waals surface area contributed by atoms with Gasteiger partial charge in [0.2, 0.25) is 0 Å². The summed E-state index contributed by atoms with van der Waals surface area (Å²) in [5.41, 5.74) is 15.0. The van der Waals surface area contributed by atoms with Gasteiger partial charge in [-0.05, 0) is 69.4 Å². The van der Waals surface area contributed by atoms with Gasteiger partial charge in [-0.3, -0.25) is 4.57 Å². The Morgan fingerprint density at radius 1 is 0.473 bits per heavy atom. The molecule has 0 saturated carbocycles. The number of fused-ring (bicyclic) bond motifs is 11. The Hall–Kier alpha value is -7.04. The summed E-state index contributed by atoms with van der Waals surface area (Å²) >= 11 is 0. The van der Waals surface area contributed by atoms with Crippen LogP contribution < -0.4 is 0 Å². The van der Waals surface area contributed by atoms with Crippen molar-refractivity contribution < 1.29 is 0 Å². The minimum atomic E-state index is -0.0815. The topological polar surface area (TPSA) is 35.1 Å². The lowest BCUT2D eigenvalue weighted by Crippen LogP contribution is -2.14. The Morgan fingerprint density at radius 2 is 1.16 bits per heavy atom.